The van der Waals surface area contributed by atoms with E-state index < -0.39 is 0 Å². The molecule has 6 rings (SSSR count). The maximum atomic E-state index is 5.51. The molecule has 8 nitrogen and oxygen atoms in total. The van der Waals surface area contributed by atoms with Gasteiger partial charge < -0.3 is 15.0 Å². The number of hydrazone groups is 1. The molecule has 8 heteroatoms. The minimum absolute atomic E-state index is 0.367. The van der Waals surface area contributed by atoms with Crippen LogP contribution in [0.4, 0.5) is 23.5 Å². The molecule has 0 bridgehead atoms. The van der Waals surface area contributed by atoms with Crippen LogP contribution < -0.4 is 15.6 Å². The molecule has 1 aliphatic rings. The van der Waals surface area contributed by atoms with Gasteiger partial charge in [0, 0.05) is 24.3 Å². The second-order valence-electron chi connectivity index (χ2n) is 8.98. The summed E-state index contributed by atoms with van der Waals surface area (Å²) in [4.78, 5) is 16.0. The van der Waals surface area contributed by atoms with Gasteiger partial charge in [0.1, 0.15) is 0 Å². The molecule has 0 unspecified atom stereocenters. The molecular formula is C29H27N7O. The number of nitrogens with zero attached hydrogens (tertiary/aromatic N) is 5. The van der Waals surface area contributed by atoms with Gasteiger partial charge in [-0.2, -0.15) is 20.1 Å². The quantitative estimate of drug-likeness (QED) is 0.185. The Morgan fingerprint density at radius 3 is 2.16 bits per heavy atom. The highest BCUT2D eigenvalue weighted by Crippen LogP contribution is 2.27. The van der Waals surface area contributed by atoms with Gasteiger partial charge in [-0.15, -0.1) is 0 Å². The first-order valence-corrected chi connectivity index (χ1v) is 12.3. The number of aryl methyl sites for hydroxylation is 1. The van der Waals surface area contributed by atoms with Gasteiger partial charge in [-0.25, -0.2) is 5.43 Å². The average molecular weight is 490 g/mol. The van der Waals surface area contributed by atoms with Crippen LogP contribution in [0.5, 0.6) is 0 Å². The number of nitrogens with one attached hydrogen (secondary N) is 2. The number of aromatic nitrogens is 3. The van der Waals surface area contributed by atoms with Crippen LogP contribution in [0.25, 0.3) is 21.5 Å². The lowest BCUT2D eigenvalue weighted by Crippen LogP contribution is -2.37. The summed E-state index contributed by atoms with van der Waals surface area (Å²) in [6, 6.07) is 27.0. The third-order valence-electron chi connectivity index (χ3n) is 6.40. The SMILES string of the molecule is Cc1ccc(Nc2nc(NN=Cc3c4ccccc4cc4ccccc34)nc(N3CCOCC3)n2)cc1. The molecular weight excluding hydrogens is 462 g/mol. The molecule has 2 N–H and O–H groups in total. The van der Waals surface area contributed by atoms with Crippen molar-refractivity contribution >= 4 is 51.3 Å². The fraction of sp³-hybridized carbons (Fsp3) is 0.172. The Bertz CT molecular complexity index is 1520. The first kappa shape index (κ1) is 22.9. The van der Waals surface area contributed by atoms with E-state index in [2.05, 4.69) is 85.1 Å². The van der Waals surface area contributed by atoms with Crippen molar-refractivity contribution < 1.29 is 4.74 Å². The van der Waals surface area contributed by atoms with Gasteiger partial charge >= 0.3 is 0 Å². The summed E-state index contributed by atoms with van der Waals surface area (Å²) in [5.41, 5.74) is 6.18. The molecule has 4 aromatic carbocycles. The lowest BCUT2D eigenvalue weighted by atomic mass is 9.97. The highest BCUT2D eigenvalue weighted by atomic mass is 16.5. The predicted octanol–water partition coefficient (Wildman–Crippen LogP) is 5.51. The summed E-state index contributed by atoms with van der Waals surface area (Å²) in [5.74, 6) is 1.40. The van der Waals surface area contributed by atoms with Crippen LogP contribution in [0.1, 0.15) is 11.1 Å². The first-order valence-electron chi connectivity index (χ1n) is 12.3. The van der Waals surface area contributed by atoms with Gasteiger partial charge in [0.2, 0.25) is 17.8 Å². The normalized spacial score (nSPS) is 13.9. The van der Waals surface area contributed by atoms with Crippen molar-refractivity contribution in [3.8, 4) is 0 Å². The van der Waals surface area contributed by atoms with Crippen LogP contribution in [-0.2, 0) is 4.74 Å². The largest absolute Gasteiger partial charge is 0.378 e. The molecule has 2 heterocycles. The minimum Gasteiger partial charge on any atom is -0.378 e. The van der Waals surface area contributed by atoms with E-state index in [4.69, 9.17) is 4.74 Å². The van der Waals surface area contributed by atoms with Crippen molar-refractivity contribution in [2.24, 2.45) is 5.10 Å². The Morgan fingerprint density at radius 2 is 1.46 bits per heavy atom. The third kappa shape index (κ3) is 5.05. The van der Waals surface area contributed by atoms with E-state index in [9.17, 15) is 0 Å². The summed E-state index contributed by atoms with van der Waals surface area (Å²) in [5, 5.41) is 12.5. The molecule has 0 aliphatic carbocycles. The topological polar surface area (TPSA) is 87.6 Å². The molecule has 0 saturated carbocycles. The zero-order valence-corrected chi connectivity index (χ0v) is 20.6. The van der Waals surface area contributed by atoms with Crippen LogP contribution in [0, 0.1) is 6.92 Å². The smallest absolute Gasteiger partial charge is 0.250 e. The van der Waals surface area contributed by atoms with E-state index in [0.717, 1.165) is 35.1 Å². The molecule has 184 valence electrons. The summed E-state index contributed by atoms with van der Waals surface area (Å²) in [6.07, 6.45) is 1.84. The Morgan fingerprint density at radius 1 is 0.811 bits per heavy atom. The van der Waals surface area contributed by atoms with Gasteiger partial charge in [0.15, 0.2) is 0 Å². The fourth-order valence-electron chi connectivity index (χ4n) is 4.48. The van der Waals surface area contributed by atoms with Gasteiger partial charge in [0.25, 0.3) is 0 Å². The fourth-order valence-corrected chi connectivity index (χ4v) is 4.48. The Hall–Kier alpha value is -4.56. The number of rotatable bonds is 6. The lowest BCUT2D eigenvalue weighted by molar-refractivity contribution is 0.122. The first-order chi connectivity index (χ1) is 18.2. The zero-order valence-electron chi connectivity index (χ0n) is 20.6. The number of hydrogen-bond donors (Lipinski definition) is 2. The molecule has 1 aliphatic heterocycles. The van der Waals surface area contributed by atoms with Gasteiger partial charge in [-0.3, -0.25) is 0 Å². The molecule has 0 amide bonds. The van der Waals surface area contributed by atoms with Crippen molar-refractivity contribution in [2.75, 3.05) is 41.9 Å². The molecule has 5 aromatic rings. The minimum atomic E-state index is 0.367. The molecule has 0 atom stereocenters. The Kier molecular flexibility index (Phi) is 6.31. The van der Waals surface area contributed by atoms with Crippen LogP contribution in [-0.4, -0.2) is 47.5 Å². The van der Waals surface area contributed by atoms with E-state index in [-0.39, 0.29) is 0 Å². The van der Waals surface area contributed by atoms with E-state index in [0.29, 0.717) is 31.1 Å². The molecule has 1 saturated heterocycles. The summed E-state index contributed by atoms with van der Waals surface area (Å²) < 4.78 is 5.51. The van der Waals surface area contributed by atoms with Crippen LogP contribution in [0.3, 0.4) is 0 Å². The van der Waals surface area contributed by atoms with Crippen molar-refractivity contribution in [3.63, 3.8) is 0 Å². The summed E-state index contributed by atoms with van der Waals surface area (Å²) in [6.45, 7) is 4.78. The number of benzene rings is 4. The molecule has 1 fully saturated rings. The standard InChI is InChI=1S/C29H27N7O/c1-20-10-12-23(13-11-20)31-27-32-28(34-29(33-27)36-14-16-37-17-15-36)35-30-19-26-24-8-4-2-6-21(24)18-22-7-3-5-9-25(22)26/h2-13,18-19H,14-17H2,1H3,(H2,31,32,33,34,35). The summed E-state index contributed by atoms with van der Waals surface area (Å²) in [7, 11) is 0. The molecule has 0 radical (unpaired) electrons. The highest BCUT2D eigenvalue weighted by molar-refractivity contribution is 6.13. The highest BCUT2D eigenvalue weighted by Gasteiger charge is 2.17. The van der Waals surface area contributed by atoms with Crippen molar-refractivity contribution in [1.82, 2.24) is 15.0 Å². The zero-order chi connectivity index (χ0) is 25.0. The van der Waals surface area contributed by atoms with Gasteiger partial charge in [-0.1, -0.05) is 66.2 Å². The van der Waals surface area contributed by atoms with E-state index >= 15 is 0 Å². The van der Waals surface area contributed by atoms with E-state index in [1.807, 2.05) is 42.6 Å². The monoisotopic (exact) mass is 489 g/mol. The maximum Gasteiger partial charge on any atom is 0.250 e. The average Bonchev–Trinajstić information content (AvgIpc) is 2.94. The Balaban J connectivity index is 1.34. The lowest BCUT2D eigenvalue weighted by Gasteiger charge is -2.27. The van der Waals surface area contributed by atoms with Gasteiger partial charge in [0.05, 0.1) is 19.4 Å². The molecule has 37 heavy (non-hydrogen) atoms. The number of morpholine rings is 1. The van der Waals surface area contributed by atoms with E-state index in [1.165, 1.54) is 16.3 Å². The second kappa shape index (κ2) is 10.2. The van der Waals surface area contributed by atoms with Gasteiger partial charge in [-0.05, 0) is 46.7 Å². The van der Waals surface area contributed by atoms with Crippen molar-refractivity contribution in [3.05, 3.63) is 90.0 Å². The predicted molar refractivity (Wildman–Crippen MR) is 150 cm³/mol. The number of hydrogen-bond acceptors (Lipinski definition) is 8. The van der Waals surface area contributed by atoms with Crippen LogP contribution >= 0.6 is 0 Å². The number of fused-ring (bicyclic) bond motifs is 2. The third-order valence-corrected chi connectivity index (χ3v) is 6.40. The van der Waals surface area contributed by atoms with Crippen LogP contribution in [0.15, 0.2) is 84.0 Å². The summed E-state index contributed by atoms with van der Waals surface area (Å²) >= 11 is 0. The van der Waals surface area contributed by atoms with Crippen molar-refractivity contribution in [1.29, 1.82) is 0 Å². The Labute approximate surface area is 215 Å². The number of anilines is 4. The molecule has 0 spiro atoms. The molecule has 1 aromatic heterocycles. The maximum absolute atomic E-state index is 5.51. The van der Waals surface area contributed by atoms with Crippen LogP contribution in [0.2, 0.25) is 0 Å². The number of ether oxygens (including phenoxy) is 1. The van der Waals surface area contributed by atoms with Crippen molar-refractivity contribution in [2.45, 2.75) is 6.92 Å². The van der Waals surface area contributed by atoms with E-state index in [1.54, 1.807) is 0 Å². The second-order valence-corrected chi connectivity index (χ2v) is 8.98.